The Morgan fingerprint density at radius 1 is 1.33 bits per heavy atom. The second kappa shape index (κ2) is 5.55. The van der Waals surface area contributed by atoms with Gasteiger partial charge in [0.05, 0.1) is 6.04 Å². The number of carbonyl (C=O) groups excluding carboxylic acids is 1. The summed E-state index contributed by atoms with van der Waals surface area (Å²) in [5.41, 5.74) is 3.56. The smallest absolute Gasteiger partial charge is 0.319 e. The molecule has 1 heterocycles. The number of hydrogen-bond donors (Lipinski definition) is 3. The number of rotatable bonds is 3. The molecule has 0 saturated carbocycles. The third-order valence-electron chi connectivity index (χ3n) is 3.71. The molecule has 0 saturated heterocycles. The molecular weight excluding hydrogens is 266 g/mol. The minimum atomic E-state index is -0.247. The van der Waals surface area contributed by atoms with Crippen molar-refractivity contribution >= 4 is 11.7 Å². The van der Waals surface area contributed by atoms with E-state index >= 15 is 0 Å². The van der Waals surface area contributed by atoms with Crippen LogP contribution in [0.3, 0.4) is 0 Å². The maximum Gasteiger partial charge on any atom is 0.319 e. The normalized spacial score (nSPS) is 14.6. The number of amides is 2. The SMILES string of the molecule is Cc1nc(C(C)NC(=O)Nc2ccc3c(c2)CCC3)n[nH]1. The van der Waals surface area contributed by atoms with Crippen LogP contribution in [0, 0.1) is 6.92 Å². The summed E-state index contributed by atoms with van der Waals surface area (Å²) in [4.78, 5) is 16.2. The summed E-state index contributed by atoms with van der Waals surface area (Å²) >= 11 is 0. The lowest BCUT2D eigenvalue weighted by atomic mass is 10.1. The number of urea groups is 1. The Labute approximate surface area is 123 Å². The van der Waals surface area contributed by atoms with Crippen molar-refractivity contribution in [2.45, 2.75) is 39.2 Å². The number of nitrogens with zero attached hydrogens (tertiary/aromatic N) is 2. The van der Waals surface area contributed by atoms with Crippen LogP contribution in [0.5, 0.6) is 0 Å². The maximum atomic E-state index is 12.0. The fourth-order valence-corrected chi connectivity index (χ4v) is 2.63. The summed E-state index contributed by atoms with van der Waals surface area (Å²) in [6.45, 7) is 3.68. The second-order valence-electron chi connectivity index (χ2n) is 5.44. The number of aromatic nitrogens is 3. The summed E-state index contributed by atoms with van der Waals surface area (Å²) in [6.07, 6.45) is 3.44. The Kier molecular flexibility index (Phi) is 3.60. The van der Waals surface area contributed by atoms with E-state index in [0.29, 0.717) is 5.82 Å². The van der Waals surface area contributed by atoms with Crippen molar-refractivity contribution < 1.29 is 4.79 Å². The molecule has 6 heteroatoms. The largest absolute Gasteiger partial charge is 0.328 e. The van der Waals surface area contributed by atoms with Gasteiger partial charge in [0, 0.05) is 5.69 Å². The predicted molar refractivity (Wildman–Crippen MR) is 80.2 cm³/mol. The quantitative estimate of drug-likeness (QED) is 0.810. The number of carbonyl (C=O) groups is 1. The van der Waals surface area contributed by atoms with Gasteiger partial charge in [-0.1, -0.05) is 6.07 Å². The van der Waals surface area contributed by atoms with Crippen LogP contribution >= 0.6 is 0 Å². The highest BCUT2D eigenvalue weighted by atomic mass is 16.2. The highest BCUT2D eigenvalue weighted by Gasteiger charge is 2.15. The average Bonchev–Trinajstić information content (AvgIpc) is 3.06. The van der Waals surface area contributed by atoms with Crippen molar-refractivity contribution in [3.8, 4) is 0 Å². The first-order chi connectivity index (χ1) is 10.1. The van der Waals surface area contributed by atoms with Crippen LogP contribution < -0.4 is 10.6 Å². The molecule has 0 aliphatic heterocycles. The van der Waals surface area contributed by atoms with E-state index in [0.717, 1.165) is 24.4 Å². The van der Waals surface area contributed by atoms with Crippen molar-refractivity contribution in [1.82, 2.24) is 20.5 Å². The average molecular weight is 285 g/mol. The van der Waals surface area contributed by atoms with Crippen LogP contribution in [0.4, 0.5) is 10.5 Å². The molecule has 3 rings (SSSR count). The first-order valence-corrected chi connectivity index (χ1v) is 7.20. The van der Waals surface area contributed by atoms with Gasteiger partial charge in [-0.05, 0) is 56.4 Å². The van der Waals surface area contributed by atoms with Gasteiger partial charge in [0.25, 0.3) is 0 Å². The molecule has 0 radical (unpaired) electrons. The molecule has 2 aromatic rings. The lowest BCUT2D eigenvalue weighted by Gasteiger charge is -2.12. The lowest BCUT2D eigenvalue weighted by molar-refractivity contribution is 0.249. The number of benzene rings is 1. The van der Waals surface area contributed by atoms with E-state index in [2.05, 4.69) is 37.9 Å². The van der Waals surface area contributed by atoms with Crippen LogP contribution in [0.25, 0.3) is 0 Å². The standard InChI is InChI=1S/C15H19N5O/c1-9(14-17-10(2)19-20-14)16-15(21)18-13-7-6-11-4-3-5-12(11)8-13/h6-9H,3-5H2,1-2H3,(H2,16,18,21)(H,17,19,20). The zero-order chi connectivity index (χ0) is 14.8. The highest BCUT2D eigenvalue weighted by molar-refractivity contribution is 5.89. The lowest BCUT2D eigenvalue weighted by Crippen LogP contribution is -2.31. The molecular formula is C15H19N5O. The number of hydrogen-bond acceptors (Lipinski definition) is 3. The predicted octanol–water partition coefficient (Wildman–Crippen LogP) is 2.48. The zero-order valence-electron chi connectivity index (χ0n) is 12.2. The van der Waals surface area contributed by atoms with Gasteiger partial charge in [-0.25, -0.2) is 9.78 Å². The first kappa shape index (κ1) is 13.6. The summed E-state index contributed by atoms with van der Waals surface area (Å²) in [5, 5.41) is 12.5. The fraction of sp³-hybridized carbons (Fsp3) is 0.400. The summed E-state index contributed by atoms with van der Waals surface area (Å²) < 4.78 is 0. The number of anilines is 1. The molecule has 1 unspecified atom stereocenters. The van der Waals surface area contributed by atoms with Crippen molar-refractivity contribution in [3.05, 3.63) is 41.0 Å². The molecule has 1 aliphatic rings. The van der Waals surface area contributed by atoms with Gasteiger partial charge in [0.15, 0.2) is 5.82 Å². The van der Waals surface area contributed by atoms with Crippen LogP contribution in [-0.2, 0) is 12.8 Å². The second-order valence-corrected chi connectivity index (χ2v) is 5.44. The first-order valence-electron chi connectivity index (χ1n) is 7.20. The number of H-pyrrole nitrogens is 1. The molecule has 1 aromatic heterocycles. The van der Waals surface area contributed by atoms with Gasteiger partial charge >= 0.3 is 6.03 Å². The van der Waals surface area contributed by atoms with E-state index < -0.39 is 0 Å². The number of aryl methyl sites for hydroxylation is 3. The summed E-state index contributed by atoms with van der Waals surface area (Å²) in [5.74, 6) is 1.31. The van der Waals surface area contributed by atoms with Gasteiger partial charge in [-0.15, -0.1) is 0 Å². The number of aromatic amines is 1. The maximum absolute atomic E-state index is 12.0. The third-order valence-corrected chi connectivity index (χ3v) is 3.71. The molecule has 2 amide bonds. The van der Waals surface area contributed by atoms with Gasteiger partial charge in [0.1, 0.15) is 5.82 Å². The van der Waals surface area contributed by atoms with Gasteiger partial charge in [-0.3, -0.25) is 5.10 Å². The van der Waals surface area contributed by atoms with E-state index in [4.69, 9.17) is 0 Å². The Hall–Kier alpha value is -2.37. The van der Waals surface area contributed by atoms with E-state index in [1.165, 1.54) is 17.5 Å². The summed E-state index contributed by atoms with van der Waals surface area (Å²) in [6, 6.07) is 5.61. The topological polar surface area (TPSA) is 82.7 Å². The summed E-state index contributed by atoms with van der Waals surface area (Å²) in [7, 11) is 0. The Bertz CT molecular complexity index is 664. The molecule has 21 heavy (non-hydrogen) atoms. The Morgan fingerprint density at radius 2 is 2.14 bits per heavy atom. The van der Waals surface area contributed by atoms with Gasteiger partial charge in [0.2, 0.25) is 0 Å². The molecule has 110 valence electrons. The molecule has 3 N–H and O–H groups in total. The number of nitrogens with one attached hydrogen (secondary N) is 3. The fourth-order valence-electron chi connectivity index (χ4n) is 2.63. The molecule has 6 nitrogen and oxygen atoms in total. The third kappa shape index (κ3) is 3.04. The van der Waals surface area contributed by atoms with Crippen molar-refractivity contribution in [2.75, 3.05) is 5.32 Å². The Balaban J connectivity index is 1.61. The van der Waals surface area contributed by atoms with Crippen molar-refractivity contribution in [2.24, 2.45) is 0 Å². The molecule has 1 aromatic carbocycles. The van der Waals surface area contributed by atoms with Crippen molar-refractivity contribution in [1.29, 1.82) is 0 Å². The molecule has 1 atom stereocenters. The van der Waals surface area contributed by atoms with E-state index in [-0.39, 0.29) is 12.1 Å². The van der Waals surface area contributed by atoms with Crippen LogP contribution in [-0.4, -0.2) is 21.2 Å². The van der Waals surface area contributed by atoms with Crippen LogP contribution in [0.1, 0.15) is 42.2 Å². The highest BCUT2D eigenvalue weighted by Crippen LogP contribution is 2.24. The van der Waals surface area contributed by atoms with Crippen molar-refractivity contribution in [3.63, 3.8) is 0 Å². The van der Waals surface area contributed by atoms with E-state index in [9.17, 15) is 4.79 Å². The minimum absolute atomic E-state index is 0.246. The molecule has 0 fully saturated rings. The van der Waals surface area contributed by atoms with E-state index in [1.807, 2.05) is 19.9 Å². The molecule has 0 spiro atoms. The van der Waals surface area contributed by atoms with Gasteiger partial charge in [-0.2, -0.15) is 5.10 Å². The van der Waals surface area contributed by atoms with E-state index in [1.54, 1.807) is 0 Å². The molecule has 1 aliphatic carbocycles. The monoisotopic (exact) mass is 285 g/mol. The Morgan fingerprint density at radius 3 is 2.90 bits per heavy atom. The minimum Gasteiger partial charge on any atom is -0.328 e. The van der Waals surface area contributed by atoms with Gasteiger partial charge < -0.3 is 10.6 Å². The number of fused-ring (bicyclic) bond motifs is 1. The zero-order valence-corrected chi connectivity index (χ0v) is 12.2. The molecule has 0 bridgehead atoms. The van der Waals surface area contributed by atoms with Crippen LogP contribution in [0.15, 0.2) is 18.2 Å². The van der Waals surface area contributed by atoms with Crippen LogP contribution in [0.2, 0.25) is 0 Å².